The summed E-state index contributed by atoms with van der Waals surface area (Å²) in [5.41, 5.74) is 1.23. The zero-order valence-corrected chi connectivity index (χ0v) is 12.7. The monoisotopic (exact) mass is 279 g/mol. The van der Waals surface area contributed by atoms with Gasteiger partial charge in [0.2, 0.25) is 0 Å². The van der Waals surface area contributed by atoms with Crippen LogP contribution >= 0.6 is 11.3 Å². The average Bonchev–Trinajstić information content (AvgIpc) is 3.15. The van der Waals surface area contributed by atoms with Crippen LogP contribution < -0.4 is 10.2 Å². The molecule has 2 fully saturated rings. The molecule has 106 valence electrons. The highest BCUT2D eigenvalue weighted by Gasteiger charge is 2.24. The van der Waals surface area contributed by atoms with E-state index in [1.54, 1.807) is 0 Å². The molecule has 1 saturated carbocycles. The number of anilines is 1. The van der Waals surface area contributed by atoms with E-state index >= 15 is 0 Å². The Morgan fingerprint density at radius 1 is 1.37 bits per heavy atom. The third-order valence-corrected chi connectivity index (χ3v) is 5.11. The number of thiazole rings is 1. The van der Waals surface area contributed by atoms with Crippen LogP contribution in [0, 0.1) is 0 Å². The minimum atomic E-state index is 0.731. The lowest BCUT2D eigenvalue weighted by Crippen LogP contribution is -2.39. The predicted molar refractivity (Wildman–Crippen MR) is 81.9 cm³/mol. The van der Waals surface area contributed by atoms with Gasteiger partial charge in [-0.2, -0.15) is 0 Å². The van der Waals surface area contributed by atoms with Crippen LogP contribution in [0.5, 0.6) is 0 Å². The van der Waals surface area contributed by atoms with Gasteiger partial charge in [-0.3, -0.25) is 0 Å². The number of piperidine rings is 1. The smallest absolute Gasteiger partial charge is 0.185 e. The number of hydrogen-bond donors (Lipinski definition) is 1. The molecule has 1 aliphatic heterocycles. The molecular formula is C15H25N3S. The zero-order chi connectivity index (χ0) is 13.1. The molecular weight excluding hydrogens is 254 g/mol. The second-order valence-corrected chi connectivity index (χ2v) is 6.74. The first-order valence-corrected chi connectivity index (χ1v) is 8.69. The molecule has 1 aromatic rings. The molecule has 1 N–H and O–H groups in total. The van der Waals surface area contributed by atoms with Gasteiger partial charge < -0.3 is 10.2 Å². The molecule has 2 aliphatic rings. The summed E-state index contributed by atoms with van der Waals surface area (Å²) in [4.78, 5) is 7.42. The third kappa shape index (κ3) is 3.48. The molecule has 1 aromatic heterocycles. The molecule has 0 radical (unpaired) electrons. The molecule has 19 heavy (non-hydrogen) atoms. The van der Waals surface area contributed by atoms with Crippen LogP contribution in [0.25, 0.3) is 0 Å². The fourth-order valence-electron chi connectivity index (χ4n) is 2.93. The van der Waals surface area contributed by atoms with Crippen molar-refractivity contribution in [2.45, 2.75) is 70.5 Å². The second-order valence-electron chi connectivity index (χ2n) is 5.91. The Morgan fingerprint density at radius 2 is 2.26 bits per heavy atom. The summed E-state index contributed by atoms with van der Waals surface area (Å²) in [5.74, 6) is 0. The Balaban J connectivity index is 1.61. The molecule has 3 nitrogen and oxygen atoms in total. The van der Waals surface area contributed by atoms with Crippen molar-refractivity contribution in [1.82, 2.24) is 10.3 Å². The van der Waals surface area contributed by atoms with Gasteiger partial charge in [0, 0.05) is 30.6 Å². The predicted octanol–water partition coefficient (Wildman–Crippen LogP) is 3.55. The van der Waals surface area contributed by atoms with E-state index in [0.29, 0.717) is 0 Å². The Morgan fingerprint density at radius 3 is 3.05 bits per heavy atom. The standard InChI is InChI=1S/C15H25N3S/c1-2-5-14-6-3-4-9-18(14)15-17-13(11-19-15)10-16-12-7-8-12/h11-12,14,16H,2-10H2,1H3. The number of aromatic nitrogens is 1. The van der Waals surface area contributed by atoms with E-state index in [2.05, 4.69) is 22.5 Å². The van der Waals surface area contributed by atoms with Crippen molar-refractivity contribution in [2.24, 2.45) is 0 Å². The van der Waals surface area contributed by atoms with E-state index in [0.717, 1.165) is 18.6 Å². The molecule has 3 rings (SSSR count). The normalized spacial score (nSPS) is 23.8. The Bertz CT molecular complexity index is 398. The van der Waals surface area contributed by atoms with Crippen molar-refractivity contribution in [1.29, 1.82) is 0 Å². The Kier molecular flexibility index (Phi) is 4.38. The van der Waals surface area contributed by atoms with Gasteiger partial charge in [-0.25, -0.2) is 4.98 Å². The van der Waals surface area contributed by atoms with Crippen LogP contribution in [0.4, 0.5) is 5.13 Å². The SMILES string of the molecule is CCCC1CCCCN1c1nc(CNC2CC2)cs1. The summed E-state index contributed by atoms with van der Waals surface area (Å²) in [5, 5.41) is 7.04. The summed E-state index contributed by atoms with van der Waals surface area (Å²) >= 11 is 1.83. The lowest BCUT2D eigenvalue weighted by Gasteiger charge is -2.35. The fraction of sp³-hybridized carbons (Fsp3) is 0.800. The highest BCUT2D eigenvalue weighted by Crippen LogP contribution is 2.30. The van der Waals surface area contributed by atoms with Crippen LogP contribution in [0.1, 0.15) is 57.6 Å². The summed E-state index contributed by atoms with van der Waals surface area (Å²) in [7, 11) is 0. The van der Waals surface area contributed by atoms with Crippen LogP contribution in [0.15, 0.2) is 5.38 Å². The van der Waals surface area contributed by atoms with E-state index < -0.39 is 0 Å². The van der Waals surface area contributed by atoms with Gasteiger partial charge >= 0.3 is 0 Å². The van der Waals surface area contributed by atoms with Gasteiger partial charge in [0.05, 0.1) is 5.69 Å². The van der Waals surface area contributed by atoms with Crippen LogP contribution in [-0.4, -0.2) is 23.6 Å². The van der Waals surface area contributed by atoms with E-state index in [9.17, 15) is 0 Å². The van der Waals surface area contributed by atoms with Crippen molar-refractivity contribution in [3.8, 4) is 0 Å². The Hall–Kier alpha value is -0.610. The van der Waals surface area contributed by atoms with Gasteiger partial charge in [0.15, 0.2) is 5.13 Å². The molecule has 0 aromatic carbocycles. The van der Waals surface area contributed by atoms with Gasteiger partial charge in [0.1, 0.15) is 0 Å². The average molecular weight is 279 g/mol. The molecule has 1 unspecified atom stereocenters. The summed E-state index contributed by atoms with van der Waals surface area (Å²) in [6, 6.07) is 1.50. The van der Waals surface area contributed by atoms with Gasteiger partial charge in [-0.1, -0.05) is 13.3 Å². The molecule has 1 saturated heterocycles. The van der Waals surface area contributed by atoms with E-state index in [4.69, 9.17) is 4.98 Å². The Labute approximate surface area is 120 Å². The minimum Gasteiger partial charge on any atom is -0.345 e. The minimum absolute atomic E-state index is 0.731. The largest absolute Gasteiger partial charge is 0.345 e. The third-order valence-electron chi connectivity index (χ3n) is 4.18. The van der Waals surface area contributed by atoms with Gasteiger partial charge in [0.25, 0.3) is 0 Å². The maximum Gasteiger partial charge on any atom is 0.185 e. The highest BCUT2D eigenvalue weighted by molar-refractivity contribution is 7.13. The first-order valence-electron chi connectivity index (χ1n) is 7.81. The lowest BCUT2D eigenvalue weighted by molar-refractivity contribution is 0.434. The van der Waals surface area contributed by atoms with E-state index in [-0.39, 0.29) is 0 Å². The quantitative estimate of drug-likeness (QED) is 0.863. The molecule has 4 heteroatoms. The number of hydrogen-bond acceptors (Lipinski definition) is 4. The number of nitrogens with zero attached hydrogens (tertiary/aromatic N) is 2. The molecule has 0 bridgehead atoms. The molecule has 2 heterocycles. The first kappa shape index (κ1) is 13.4. The van der Waals surface area contributed by atoms with Gasteiger partial charge in [-0.05, 0) is 38.5 Å². The van der Waals surface area contributed by atoms with Gasteiger partial charge in [-0.15, -0.1) is 11.3 Å². The molecule has 0 amide bonds. The molecule has 1 atom stereocenters. The highest BCUT2D eigenvalue weighted by atomic mass is 32.1. The van der Waals surface area contributed by atoms with Crippen molar-refractivity contribution in [3.63, 3.8) is 0 Å². The molecule has 0 spiro atoms. The summed E-state index contributed by atoms with van der Waals surface area (Å²) in [6.45, 7) is 4.45. The summed E-state index contributed by atoms with van der Waals surface area (Å²) in [6.07, 6.45) is 9.36. The maximum atomic E-state index is 4.85. The first-order chi connectivity index (χ1) is 9.36. The zero-order valence-electron chi connectivity index (χ0n) is 11.9. The van der Waals surface area contributed by atoms with Crippen molar-refractivity contribution >= 4 is 16.5 Å². The van der Waals surface area contributed by atoms with E-state index in [1.807, 2.05) is 11.3 Å². The van der Waals surface area contributed by atoms with Crippen molar-refractivity contribution in [2.75, 3.05) is 11.4 Å². The maximum absolute atomic E-state index is 4.85. The van der Waals surface area contributed by atoms with Crippen LogP contribution in [-0.2, 0) is 6.54 Å². The fourth-order valence-corrected chi connectivity index (χ4v) is 3.85. The summed E-state index contributed by atoms with van der Waals surface area (Å²) < 4.78 is 0. The van der Waals surface area contributed by atoms with Crippen molar-refractivity contribution in [3.05, 3.63) is 11.1 Å². The number of nitrogens with one attached hydrogen (secondary N) is 1. The van der Waals surface area contributed by atoms with Crippen LogP contribution in [0.3, 0.4) is 0 Å². The number of rotatable bonds is 6. The van der Waals surface area contributed by atoms with E-state index in [1.165, 1.54) is 62.3 Å². The van der Waals surface area contributed by atoms with Crippen LogP contribution in [0.2, 0.25) is 0 Å². The second kappa shape index (κ2) is 6.23. The van der Waals surface area contributed by atoms with Crippen molar-refractivity contribution < 1.29 is 0 Å². The topological polar surface area (TPSA) is 28.2 Å². The lowest BCUT2D eigenvalue weighted by atomic mass is 9.99. The molecule has 1 aliphatic carbocycles.